The summed E-state index contributed by atoms with van der Waals surface area (Å²) in [6.45, 7) is 2.38. The smallest absolute Gasteiger partial charge is 0.231 e. The van der Waals surface area contributed by atoms with Gasteiger partial charge < -0.3 is 9.47 Å². The highest BCUT2D eigenvalue weighted by Gasteiger charge is 2.15. The van der Waals surface area contributed by atoms with Crippen LogP contribution in [0.3, 0.4) is 0 Å². The summed E-state index contributed by atoms with van der Waals surface area (Å²) in [5, 5.41) is 0. The molecule has 1 heterocycles. The van der Waals surface area contributed by atoms with Gasteiger partial charge in [-0.15, -0.1) is 0 Å². The molecule has 3 nitrogen and oxygen atoms in total. The average Bonchev–Trinajstić information content (AvgIpc) is 2.76. The minimum absolute atomic E-state index is 0.187. The number of hydrogen-bond donors (Lipinski definition) is 0. The van der Waals surface area contributed by atoms with Crippen molar-refractivity contribution in [3.8, 4) is 11.5 Å². The molecule has 0 saturated carbocycles. The van der Waals surface area contributed by atoms with Gasteiger partial charge in [-0.05, 0) is 24.6 Å². The molecule has 1 aromatic carbocycles. The fourth-order valence-corrected chi connectivity index (χ4v) is 1.75. The van der Waals surface area contributed by atoms with E-state index in [0.717, 1.165) is 30.6 Å². The quantitative estimate of drug-likeness (QED) is 0.564. The number of carbonyl (C=O) groups excluding carboxylic acids is 1. The third-order valence-corrected chi connectivity index (χ3v) is 2.70. The molecular weight excluding hydrogens is 204 g/mol. The lowest BCUT2D eigenvalue weighted by Gasteiger charge is -2.02. The highest BCUT2D eigenvalue weighted by Crippen LogP contribution is 2.32. The summed E-state index contributed by atoms with van der Waals surface area (Å²) in [7, 11) is 0. The fourth-order valence-electron chi connectivity index (χ4n) is 1.75. The van der Waals surface area contributed by atoms with Crippen LogP contribution in [-0.4, -0.2) is 12.6 Å². The van der Waals surface area contributed by atoms with E-state index < -0.39 is 0 Å². The van der Waals surface area contributed by atoms with E-state index in [2.05, 4.69) is 6.92 Å². The normalized spacial score (nSPS) is 12.8. The van der Waals surface area contributed by atoms with E-state index in [1.807, 2.05) is 6.07 Å². The second-order valence-corrected chi connectivity index (χ2v) is 3.95. The van der Waals surface area contributed by atoms with Crippen LogP contribution in [0, 0.1) is 0 Å². The summed E-state index contributed by atoms with van der Waals surface area (Å²) < 4.78 is 10.4. The van der Waals surface area contributed by atoms with Crippen LogP contribution in [0.2, 0.25) is 0 Å². The summed E-state index contributed by atoms with van der Waals surface area (Å²) in [4.78, 5) is 11.8. The third-order valence-electron chi connectivity index (χ3n) is 2.70. The molecule has 86 valence electrons. The second-order valence-electron chi connectivity index (χ2n) is 3.95. The topological polar surface area (TPSA) is 35.5 Å². The van der Waals surface area contributed by atoms with Crippen molar-refractivity contribution < 1.29 is 14.3 Å². The molecule has 0 amide bonds. The molecule has 0 radical (unpaired) electrons. The van der Waals surface area contributed by atoms with Crippen LogP contribution in [0.25, 0.3) is 0 Å². The molecule has 3 heteroatoms. The highest BCUT2D eigenvalue weighted by atomic mass is 16.7. The van der Waals surface area contributed by atoms with Gasteiger partial charge in [-0.3, -0.25) is 4.79 Å². The molecule has 1 aromatic rings. The van der Waals surface area contributed by atoms with Crippen molar-refractivity contribution in [2.24, 2.45) is 0 Å². The van der Waals surface area contributed by atoms with Crippen LogP contribution in [0.1, 0.15) is 43.0 Å². The summed E-state index contributed by atoms with van der Waals surface area (Å²) in [5.74, 6) is 1.60. The van der Waals surface area contributed by atoms with Gasteiger partial charge in [0.25, 0.3) is 0 Å². The van der Waals surface area contributed by atoms with Gasteiger partial charge in [0.1, 0.15) is 0 Å². The standard InChI is InChI=1S/C13H16O3/c1-2-3-4-5-11(14)10-6-7-12-13(8-10)16-9-15-12/h6-8H,2-5,9H2,1H3. The zero-order chi connectivity index (χ0) is 11.4. The number of benzene rings is 1. The molecule has 0 aromatic heterocycles. The number of carbonyl (C=O) groups is 1. The van der Waals surface area contributed by atoms with Gasteiger partial charge in [-0.25, -0.2) is 0 Å². The number of fused-ring (bicyclic) bond motifs is 1. The Hall–Kier alpha value is -1.51. The van der Waals surface area contributed by atoms with Crippen LogP contribution in [0.5, 0.6) is 11.5 Å². The summed E-state index contributed by atoms with van der Waals surface area (Å²) >= 11 is 0. The Labute approximate surface area is 95.4 Å². The second kappa shape index (κ2) is 5.01. The van der Waals surface area contributed by atoms with Gasteiger partial charge in [0.05, 0.1) is 0 Å². The third kappa shape index (κ3) is 2.35. The lowest BCUT2D eigenvalue weighted by molar-refractivity contribution is 0.0979. The molecule has 0 fully saturated rings. The van der Waals surface area contributed by atoms with Gasteiger partial charge >= 0.3 is 0 Å². The van der Waals surface area contributed by atoms with Crippen LogP contribution < -0.4 is 9.47 Å². The van der Waals surface area contributed by atoms with Gasteiger partial charge in [0.15, 0.2) is 17.3 Å². The summed E-state index contributed by atoms with van der Waals surface area (Å²) in [5.41, 5.74) is 0.723. The van der Waals surface area contributed by atoms with Gasteiger partial charge in [0, 0.05) is 12.0 Å². The van der Waals surface area contributed by atoms with Crippen molar-refractivity contribution in [2.45, 2.75) is 32.6 Å². The number of ketones is 1. The zero-order valence-electron chi connectivity index (χ0n) is 9.49. The first kappa shape index (κ1) is 11.0. The van der Waals surface area contributed by atoms with Crippen molar-refractivity contribution in [3.05, 3.63) is 23.8 Å². The van der Waals surface area contributed by atoms with E-state index in [9.17, 15) is 4.79 Å². The zero-order valence-corrected chi connectivity index (χ0v) is 9.49. The maximum absolute atomic E-state index is 11.8. The minimum Gasteiger partial charge on any atom is -0.454 e. The van der Waals surface area contributed by atoms with Crippen molar-refractivity contribution in [1.82, 2.24) is 0 Å². The van der Waals surface area contributed by atoms with Gasteiger partial charge in [-0.1, -0.05) is 19.8 Å². The predicted octanol–water partition coefficient (Wildman–Crippen LogP) is 3.18. The molecule has 0 aliphatic carbocycles. The Bertz CT molecular complexity index is 385. The van der Waals surface area contributed by atoms with E-state index in [1.54, 1.807) is 12.1 Å². The summed E-state index contributed by atoms with van der Waals surface area (Å²) in [6.07, 6.45) is 3.82. The van der Waals surface area contributed by atoms with E-state index in [0.29, 0.717) is 12.2 Å². The molecule has 1 aliphatic rings. The molecule has 0 spiro atoms. The summed E-state index contributed by atoms with van der Waals surface area (Å²) in [6, 6.07) is 5.38. The van der Waals surface area contributed by atoms with Crippen LogP contribution in [0.15, 0.2) is 18.2 Å². The fraction of sp³-hybridized carbons (Fsp3) is 0.462. The molecule has 2 rings (SSSR count). The number of rotatable bonds is 5. The Morgan fingerprint density at radius 1 is 1.25 bits per heavy atom. The van der Waals surface area contributed by atoms with E-state index >= 15 is 0 Å². The van der Waals surface area contributed by atoms with Crippen molar-refractivity contribution in [2.75, 3.05) is 6.79 Å². The maximum atomic E-state index is 11.8. The van der Waals surface area contributed by atoms with E-state index in [-0.39, 0.29) is 12.6 Å². The van der Waals surface area contributed by atoms with Gasteiger partial charge in [-0.2, -0.15) is 0 Å². The van der Waals surface area contributed by atoms with E-state index in [4.69, 9.17) is 9.47 Å². The minimum atomic E-state index is 0.187. The molecule has 0 atom stereocenters. The molecule has 0 N–H and O–H groups in total. The Kier molecular flexibility index (Phi) is 3.44. The molecule has 1 aliphatic heterocycles. The predicted molar refractivity (Wildman–Crippen MR) is 61.0 cm³/mol. The Morgan fingerprint density at radius 3 is 2.88 bits per heavy atom. The SMILES string of the molecule is CCCCCC(=O)c1ccc2c(c1)OCO2. The lowest BCUT2D eigenvalue weighted by atomic mass is 10.0. The molecule has 0 unspecified atom stereocenters. The number of hydrogen-bond acceptors (Lipinski definition) is 3. The average molecular weight is 220 g/mol. The highest BCUT2D eigenvalue weighted by molar-refractivity contribution is 5.96. The largest absolute Gasteiger partial charge is 0.454 e. The molecule has 16 heavy (non-hydrogen) atoms. The van der Waals surface area contributed by atoms with E-state index in [1.165, 1.54) is 0 Å². The first-order valence-electron chi connectivity index (χ1n) is 5.74. The van der Waals surface area contributed by atoms with Crippen LogP contribution >= 0.6 is 0 Å². The molecule has 0 saturated heterocycles. The number of ether oxygens (including phenoxy) is 2. The van der Waals surface area contributed by atoms with Crippen molar-refractivity contribution in [3.63, 3.8) is 0 Å². The Balaban J connectivity index is 2.01. The first-order valence-corrected chi connectivity index (χ1v) is 5.74. The van der Waals surface area contributed by atoms with Crippen molar-refractivity contribution in [1.29, 1.82) is 0 Å². The lowest BCUT2D eigenvalue weighted by Crippen LogP contribution is -1.98. The van der Waals surface area contributed by atoms with Gasteiger partial charge in [0.2, 0.25) is 6.79 Å². The monoisotopic (exact) mass is 220 g/mol. The number of Topliss-reactive ketones (excluding diaryl/α,β-unsaturated/α-hetero) is 1. The molecule has 0 bridgehead atoms. The first-order chi connectivity index (χ1) is 7.81. The van der Waals surface area contributed by atoms with Crippen molar-refractivity contribution >= 4 is 5.78 Å². The van der Waals surface area contributed by atoms with Crippen LogP contribution in [0.4, 0.5) is 0 Å². The number of unbranched alkanes of at least 4 members (excludes halogenated alkanes) is 2. The Morgan fingerprint density at radius 2 is 2.06 bits per heavy atom. The van der Waals surface area contributed by atoms with Crippen LogP contribution in [-0.2, 0) is 0 Å². The molecular formula is C13H16O3. The maximum Gasteiger partial charge on any atom is 0.231 e.